The van der Waals surface area contributed by atoms with Crippen LogP contribution in [0.3, 0.4) is 0 Å². The van der Waals surface area contributed by atoms with Crippen molar-refractivity contribution in [2.75, 3.05) is 13.2 Å². The predicted octanol–water partition coefficient (Wildman–Crippen LogP) is 2.64. The van der Waals surface area contributed by atoms with Gasteiger partial charge in [-0.05, 0) is 32.7 Å². The van der Waals surface area contributed by atoms with Gasteiger partial charge in [0.05, 0.1) is 12.1 Å². The summed E-state index contributed by atoms with van der Waals surface area (Å²) in [5.74, 6) is 0. The van der Waals surface area contributed by atoms with Gasteiger partial charge in [-0.2, -0.15) is 0 Å². The van der Waals surface area contributed by atoms with Crippen molar-refractivity contribution in [3.8, 4) is 0 Å². The normalized spacial score (nSPS) is 24.4. The fourth-order valence-corrected chi connectivity index (χ4v) is 1.77. The van der Waals surface area contributed by atoms with E-state index in [1.807, 2.05) is 0 Å². The van der Waals surface area contributed by atoms with Crippen molar-refractivity contribution in [2.24, 2.45) is 5.11 Å². The maximum atomic E-state index is 12.9. The minimum absolute atomic E-state index is 0.354. The molecule has 1 aliphatic heterocycles. The second kappa shape index (κ2) is 5.23. The first-order valence-corrected chi connectivity index (χ1v) is 5.49. The van der Waals surface area contributed by atoms with E-state index in [0.29, 0.717) is 13.0 Å². The number of likely N-dealkylation sites (tertiary alicyclic amines) is 1. The summed E-state index contributed by atoms with van der Waals surface area (Å²) in [4.78, 5) is 15.7. The minimum Gasteiger partial charge on any atom is -0.444 e. The van der Waals surface area contributed by atoms with E-state index in [1.165, 1.54) is 4.90 Å². The second-order valence-electron chi connectivity index (χ2n) is 4.96. The van der Waals surface area contributed by atoms with Gasteiger partial charge in [-0.3, -0.25) is 0 Å². The van der Waals surface area contributed by atoms with Crippen LogP contribution in [-0.2, 0) is 4.74 Å². The van der Waals surface area contributed by atoms with E-state index in [2.05, 4.69) is 10.0 Å². The summed E-state index contributed by atoms with van der Waals surface area (Å²) < 4.78 is 18.0. The number of ether oxygens (including phenoxy) is 1. The van der Waals surface area contributed by atoms with Crippen molar-refractivity contribution < 1.29 is 13.9 Å². The third-order valence-electron chi connectivity index (χ3n) is 2.50. The summed E-state index contributed by atoms with van der Waals surface area (Å²) in [5, 5.41) is 3.50. The van der Waals surface area contributed by atoms with Crippen LogP contribution in [0.5, 0.6) is 0 Å². The number of amides is 1. The first-order valence-electron chi connectivity index (χ1n) is 5.49. The van der Waals surface area contributed by atoms with E-state index in [1.54, 1.807) is 20.8 Å². The number of nitrogens with zero attached hydrogens (tertiary/aromatic N) is 4. The zero-order chi connectivity index (χ0) is 13.1. The summed E-state index contributed by atoms with van der Waals surface area (Å²) >= 11 is 0. The summed E-state index contributed by atoms with van der Waals surface area (Å²) in [6, 6.07) is -1.21. The zero-order valence-electron chi connectivity index (χ0n) is 10.3. The van der Waals surface area contributed by atoms with Gasteiger partial charge in [-0.15, -0.1) is 0 Å². The van der Waals surface area contributed by atoms with Crippen LogP contribution in [0.1, 0.15) is 27.2 Å². The Hall–Kier alpha value is -1.49. The molecule has 0 bridgehead atoms. The third kappa shape index (κ3) is 3.49. The highest BCUT2D eigenvalue weighted by atomic mass is 19.1. The number of carbonyl (C=O) groups is 1. The molecule has 1 heterocycles. The Labute approximate surface area is 99.4 Å². The Morgan fingerprint density at radius 1 is 1.65 bits per heavy atom. The fraction of sp³-hybridized carbons (Fsp3) is 0.900. The summed E-state index contributed by atoms with van der Waals surface area (Å²) in [7, 11) is 0. The molecule has 1 fully saturated rings. The first kappa shape index (κ1) is 13.6. The molecule has 96 valence electrons. The van der Waals surface area contributed by atoms with E-state index in [0.717, 1.165) is 0 Å². The molecule has 0 aromatic heterocycles. The molecule has 0 spiro atoms. The smallest absolute Gasteiger partial charge is 0.410 e. The fourth-order valence-electron chi connectivity index (χ4n) is 1.77. The van der Waals surface area contributed by atoms with Gasteiger partial charge in [0, 0.05) is 11.5 Å². The molecular weight excluding hydrogens is 227 g/mol. The van der Waals surface area contributed by atoms with Crippen molar-refractivity contribution in [1.29, 1.82) is 0 Å². The maximum absolute atomic E-state index is 12.9. The van der Waals surface area contributed by atoms with E-state index in [-0.39, 0.29) is 0 Å². The summed E-state index contributed by atoms with van der Waals surface area (Å²) in [6.45, 7) is 4.86. The first-order chi connectivity index (χ1) is 7.89. The molecule has 0 aliphatic carbocycles. The molecular formula is C10H17FN4O2. The lowest BCUT2D eigenvalue weighted by Crippen LogP contribution is -2.43. The summed E-state index contributed by atoms with van der Waals surface area (Å²) in [6.07, 6.45) is -0.0893. The second-order valence-corrected chi connectivity index (χ2v) is 4.96. The lowest BCUT2D eigenvalue weighted by Gasteiger charge is -2.28. The SMILES string of the molecule is CC(C)(C)OC(=O)N1CC[C@@H](N=[N+]=[N-])[C@H]1CF. The monoisotopic (exact) mass is 244 g/mol. The molecule has 0 radical (unpaired) electrons. The van der Waals surface area contributed by atoms with Gasteiger partial charge in [0.25, 0.3) is 0 Å². The third-order valence-corrected chi connectivity index (χ3v) is 2.50. The number of alkyl halides is 1. The largest absolute Gasteiger partial charge is 0.444 e. The van der Waals surface area contributed by atoms with Crippen LogP contribution in [0, 0.1) is 0 Å². The van der Waals surface area contributed by atoms with E-state index in [4.69, 9.17) is 10.3 Å². The van der Waals surface area contributed by atoms with Crippen molar-refractivity contribution in [3.63, 3.8) is 0 Å². The van der Waals surface area contributed by atoms with Crippen molar-refractivity contribution in [2.45, 2.75) is 44.9 Å². The molecule has 0 aromatic carbocycles. The van der Waals surface area contributed by atoms with Crippen LogP contribution in [-0.4, -0.2) is 41.9 Å². The van der Waals surface area contributed by atoms with Gasteiger partial charge in [0.1, 0.15) is 12.3 Å². The van der Waals surface area contributed by atoms with Crippen molar-refractivity contribution in [1.82, 2.24) is 4.90 Å². The number of hydrogen-bond donors (Lipinski definition) is 0. The van der Waals surface area contributed by atoms with Gasteiger partial charge in [-0.25, -0.2) is 9.18 Å². The average Bonchev–Trinajstić information content (AvgIpc) is 2.58. The van der Waals surface area contributed by atoms with Crippen LogP contribution >= 0.6 is 0 Å². The van der Waals surface area contributed by atoms with Gasteiger partial charge in [0.15, 0.2) is 0 Å². The van der Waals surface area contributed by atoms with E-state index >= 15 is 0 Å². The van der Waals surface area contributed by atoms with E-state index in [9.17, 15) is 9.18 Å². The Kier molecular flexibility index (Phi) is 4.17. The number of carbonyl (C=O) groups excluding carboxylic acids is 1. The minimum atomic E-state index is -0.733. The van der Waals surface area contributed by atoms with Crippen LogP contribution in [0.4, 0.5) is 9.18 Å². The maximum Gasteiger partial charge on any atom is 0.410 e. The van der Waals surface area contributed by atoms with Crippen LogP contribution in [0.15, 0.2) is 5.11 Å². The molecule has 1 rings (SSSR count). The molecule has 7 heteroatoms. The van der Waals surface area contributed by atoms with Crippen LogP contribution in [0.25, 0.3) is 10.4 Å². The molecule has 1 aliphatic rings. The van der Waals surface area contributed by atoms with Crippen molar-refractivity contribution in [3.05, 3.63) is 10.4 Å². The Morgan fingerprint density at radius 3 is 2.76 bits per heavy atom. The predicted molar refractivity (Wildman–Crippen MR) is 60.3 cm³/mol. The van der Waals surface area contributed by atoms with Gasteiger partial charge < -0.3 is 9.64 Å². The molecule has 17 heavy (non-hydrogen) atoms. The Morgan fingerprint density at radius 2 is 2.29 bits per heavy atom. The topological polar surface area (TPSA) is 78.3 Å². The summed E-state index contributed by atoms with van der Waals surface area (Å²) in [5.41, 5.74) is 7.74. The van der Waals surface area contributed by atoms with Gasteiger partial charge >= 0.3 is 6.09 Å². The molecule has 0 unspecified atom stereocenters. The highest BCUT2D eigenvalue weighted by Crippen LogP contribution is 2.24. The zero-order valence-corrected chi connectivity index (χ0v) is 10.3. The average molecular weight is 244 g/mol. The Balaban J connectivity index is 2.72. The molecule has 1 amide bonds. The lowest BCUT2D eigenvalue weighted by atomic mass is 10.1. The van der Waals surface area contributed by atoms with Crippen molar-refractivity contribution >= 4 is 6.09 Å². The number of halogens is 1. The quantitative estimate of drug-likeness (QED) is 0.425. The lowest BCUT2D eigenvalue weighted by molar-refractivity contribution is 0.0200. The number of azide groups is 1. The number of rotatable bonds is 2. The number of hydrogen-bond acceptors (Lipinski definition) is 3. The van der Waals surface area contributed by atoms with Gasteiger partial charge in [0.2, 0.25) is 0 Å². The molecule has 0 saturated carbocycles. The Bertz CT molecular complexity index is 336. The highest BCUT2D eigenvalue weighted by Gasteiger charge is 2.38. The molecule has 1 saturated heterocycles. The highest BCUT2D eigenvalue weighted by molar-refractivity contribution is 5.69. The van der Waals surface area contributed by atoms with Crippen LogP contribution < -0.4 is 0 Å². The molecule has 0 aromatic rings. The van der Waals surface area contributed by atoms with Gasteiger partial charge in [-0.1, -0.05) is 5.11 Å². The molecule has 2 atom stereocenters. The molecule has 0 N–H and O–H groups in total. The molecule has 6 nitrogen and oxygen atoms in total. The van der Waals surface area contributed by atoms with Crippen LogP contribution in [0.2, 0.25) is 0 Å². The standard InChI is InChI=1S/C10H17FN4O2/c1-10(2,3)17-9(16)15-5-4-7(13-14-12)8(15)6-11/h7-8H,4-6H2,1-3H3/t7-,8-/m1/s1. The van der Waals surface area contributed by atoms with E-state index < -0.39 is 30.5 Å².